The molecule has 0 aromatic carbocycles. The van der Waals surface area contributed by atoms with Crippen LogP contribution in [0.1, 0.15) is 64.2 Å². The molecule has 0 bridgehead atoms. The van der Waals surface area contributed by atoms with Crippen molar-refractivity contribution in [2.24, 2.45) is 0 Å². The number of rotatable bonds is 12. The van der Waals surface area contributed by atoms with Gasteiger partial charge in [0, 0.05) is 18.9 Å². The first-order valence-corrected chi connectivity index (χ1v) is 12.1. The number of carbonyl (C=O) groups excluding carboxylic acids is 1. The highest BCUT2D eigenvalue weighted by Crippen LogP contribution is 2.11. The second kappa shape index (κ2) is 13.8. The molecule has 0 radical (unpaired) electrons. The van der Waals surface area contributed by atoms with Crippen LogP contribution in [-0.4, -0.2) is 28.0 Å². The highest BCUT2D eigenvalue weighted by molar-refractivity contribution is 6.69. The van der Waals surface area contributed by atoms with Gasteiger partial charge < -0.3 is 9.16 Å². The van der Waals surface area contributed by atoms with Crippen LogP contribution in [-0.2, 0) is 14.0 Å². The summed E-state index contributed by atoms with van der Waals surface area (Å²) in [6, 6.07) is 0. The van der Waals surface area contributed by atoms with E-state index in [2.05, 4.69) is 36.2 Å². The van der Waals surface area contributed by atoms with Gasteiger partial charge in [-0.05, 0) is 32.5 Å². The van der Waals surface area contributed by atoms with E-state index >= 15 is 0 Å². The molecule has 0 aromatic heterocycles. The van der Waals surface area contributed by atoms with E-state index in [1.54, 1.807) is 0 Å². The Morgan fingerprint density at radius 2 is 1.36 bits per heavy atom. The molecule has 128 valence electrons. The third kappa shape index (κ3) is 17.3. The molecular weight excluding hydrogens is 292 g/mol. The largest absolute Gasteiger partial charge is 0.459 e. The summed E-state index contributed by atoms with van der Waals surface area (Å²) in [5.41, 5.74) is 0. The third-order valence-corrected chi connectivity index (χ3v) is 4.43. The normalized spacial score (nSPS) is 10.9. The Hall–Kier alpha value is -0.793. The average molecular weight is 327 g/mol. The lowest BCUT2D eigenvalue weighted by Crippen LogP contribution is -2.25. The molecule has 0 N–H and O–H groups in total. The van der Waals surface area contributed by atoms with Crippen LogP contribution < -0.4 is 0 Å². The van der Waals surface area contributed by atoms with Crippen molar-refractivity contribution in [1.82, 2.24) is 0 Å². The first kappa shape index (κ1) is 21.2. The van der Waals surface area contributed by atoms with Crippen LogP contribution in [0.3, 0.4) is 0 Å². The van der Waals surface area contributed by atoms with E-state index in [9.17, 15) is 4.79 Å². The molecule has 0 saturated heterocycles. The molecule has 0 spiro atoms. The van der Waals surface area contributed by atoms with E-state index in [1.807, 2.05) is 0 Å². The lowest BCUT2D eigenvalue weighted by Gasteiger charge is -2.16. The van der Waals surface area contributed by atoms with Crippen molar-refractivity contribution in [3.05, 3.63) is 0 Å². The van der Waals surface area contributed by atoms with E-state index in [4.69, 9.17) is 4.43 Å². The number of unbranched alkanes of at least 4 members (excludes halogenated alkanes) is 9. The molecular formula is C18H34O3Si. The number of esters is 1. The van der Waals surface area contributed by atoms with Crippen LogP contribution in [0.5, 0.6) is 0 Å². The summed E-state index contributed by atoms with van der Waals surface area (Å²) in [5.74, 6) is 4.87. The zero-order valence-electron chi connectivity index (χ0n) is 15.0. The predicted octanol–water partition coefficient (Wildman–Crippen LogP) is 4.92. The summed E-state index contributed by atoms with van der Waals surface area (Å²) in [5, 5.41) is 0. The summed E-state index contributed by atoms with van der Waals surface area (Å²) < 4.78 is 10.3. The van der Waals surface area contributed by atoms with Crippen LogP contribution in [0.25, 0.3) is 0 Å². The van der Waals surface area contributed by atoms with Gasteiger partial charge in [-0.1, -0.05) is 50.9 Å². The molecule has 0 aliphatic heterocycles. The molecule has 0 amide bonds. The smallest absolute Gasteiger partial charge is 0.384 e. The minimum Gasteiger partial charge on any atom is -0.459 e. The quantitative estimate of drug-likeness (QED) is 0.168. The fourth-order valence-corrected chi connectivity index (χ4v) is 2.87. The first-order valence-electron chi connectivity index (χ1n) is 8.66. The van der Waals surface area contributed by atoms with Crippen LogP contribution in [0.4, 0.5) is 0 Å². The zero-order valence-corrected chi connectivity index (χ0v) is 16.0. The molecule has 3 nitrogen and oxygen atoms in total. The van der Waals surface area contributed by atoms with Crippen molar-refractivity contribution < 1.29 is 14.0 Å². The summed E-state index contributed by atoms with van der Waals surface area (Å²) in [7, 11) is 0.0563. The predicted molar refractivity (Wildman–Crippen MR) is 95.3 cm³/mol. The van der Waals surface area contributed by atoms with E-state index in [-0.39, 0.29) is 0 Å². The summed E-state index contributed by atoms with van der Waals surface area (Å²) >= 11 is 0. The molecule has 0 aliphatic rings. The van der Waals surface area contributed by atoms with E-state index in [1.165, 1.54) is 58.5 Å². The number of carbonyl (C=O) groups is 1. The van der Waals surface area contributed by atoms with Gasteiger partial charge in [-0.2, -0.15) is 0 Å². The van der Waals surface area contributed by atoms with Gasteiger partial charge >= 0.3 is 5.97 Å². The highest BCUT2D eigenvalue weighted by atomic mass is 28.4. The van der Waals surface area contributed by atoms with Gasteiger partial charge in [-0.25, -0.2) is 4.79 Å². The van der Waals surface area contributed by atoms with Gasteiger partial charge in [0.2, 0.25) is 0 Å². The Kier molecular flexibility index (Phi) is 13.3. The van der Waals surface area contributed by atoms with Gasteiger partial charge in [-0.3, -0.25) is 0 Å². The topological polar surface area (TPSA) is 35.5 Å². The molecule has 0 aromatic rings. The van der Waals surface area contributed by atoms with E-state index in [0.717, 1.165) is 19.4 Å². The van der Waals surface area contributed by atoms with Crippen molar-refractivity contribution in [2.75, 3.05) is 13.7 Å². The highest BCUT2D eigenvalue weighted by Gasteiger charge is 2.12. The van der Waals surface area contributed by atoms with Gasteiger partial charge in [-0.15, -0.1) is 0 Å². The van der Waals surface area contributed by atoms with Gasteiger partial charge in [0.1, 0.15) is 0 Å². The fraction of sp³-hybridized carbons (Fsp3) is 0.833. The van der Waals surface area contributed by atoms with Crippen LogP contribution in [0, 0.1) is 11.8 Å². The van der Waals surface area contributed by atoms with E-state index < -0.39 is 14.3 Å². The Labute approximate surface area is 138 Å². The third-order valence-electron chi connectivity index (χ3n) is 3.36. The lowest BCUT2D eigenvalue weighted by atomic mass is 10.1. The lowest BCUT2D eigenvalue weighted by molar-refractivity contribution is -0.133. The molecule has 4 heteroatoms. The maximum atomic E-state index is 10.8. The maximum Gasteiger partial charge on any atom is 0.384 e. The molecule has 0 heterocycles. The number of methoxy groups -OCH3 is 1. The molecule has 0 saturated carbocycles. The van der Waals surface area contributed by atoms with Crippen LogP contribution in [0.2, 0.25) is 19.6 Å². The fourth-order valence-electron chi connectivity index (χ4n) is 2.12. The van der Waals surface area contributed by atoms with Crippen molar-refractivity contribution in [3.8, 4) is 11.8 Å². The zero-order chi connectivity index (χ0) is 16.7. The molecule has 0 fully saturated rings. The van der Waals surface area contributed by atoms with E-state index in [0.29, 0.717) is 0 Å². The standard InChI is InChI=1S/C18H34O3Si/c1-20-18(19)16-14-12-10-8-6-5-7-9-11-13-15-17-21-22(2,3)4/h5-13,15,17H2,1-4H3. The van der Waals surface area contributed by atoms with Crippen molar-refractivity contribution in [2.45, 2.75) is 83.8 Å². The van der Waals surface area contributed by atoms with Gasteiger partial charge in [0.15, 0.2) is 8.32 Å². The van der Waals surface area contributed by atoms with Crippen molar-refractivity contribution in [1.29, 1.82) is 0 Å². The summed E-state index contributed by atoms with van der Waals surface area (Å²) in [6.45, 7) is 7.68. The number of hydrogen-bond acceptors (Lipinski definition) is 3. The SMILES string of the molecule is COC(=O)C#CCCCCCCCCCCCO[Si](C)(C)C. The molecule has 22 heavy (non-hydrogen) atoms. The average Bonchev–Trinajstić information content (AvgIpc) is 2.46. The van der Waals surface area contributed by atoms with Crippen LogP contribution in [0.15, 0.2) is 0 Å². The molecule has 0 aliphatic carbocycles. The number of ether oxygens (including phenoxy) is 1. The Bertz CT molecular complexity index is 336. The number of hydrogen-bond donors (Lipinski definition) is 0. The van der Waals surface area contributed by atoms with Gasteiger partial charge in [0.05, 0.1) is 7.11 Å². The van der Waals surface area contributed by atoms with Crippen molar-refractivity contribution >= 4 is 14.3 Å². The second-order valence-electron chi connectivity index (χ2n) is 6.69. The van der Waals surface area contributed by atoms with Crippen LogP contribution >= 0.6 is 0 Å². The molecule has 0 unspecified atom stereocenters. The second-order valence-corrected chi connectivity index (χ2v) is 11.2. The Morgan fingerprint density at radius 3 is 1.86 bits per heavy atom. The Morgan fingerprint density at radius 1 is 0.864 bits per heavy atom. The minimum atomic E-state index is -1.30. The molecule has 0 atom stereocenters. The Balaban J connectivity index is 3.17. The van der Waals surface area contributed by atoms with Gasteiger partial charge in [0.25, 0.3) is 0 Å². The molecule has 0 rings (SSSR count). The maximum absolute atomic E-state index is 10.8. The minimum absolute atomic E-state index is 0.435. The van der Waals surface area contributed by atoms with Crippen molar-refractivity contribution in [3.63, 3.8) is 0 Å². The first-order chi connectivity index (χ1) is 10.5. The monoisotopic (exact) mass is 326 g/mol. The summed E-state index contributed by atoms with van der Waals surface area (Å²) in [6.07, 6.45) is 12.2. The summed E-state index contributed by atoms with van der Waals surface area (Å²) in [4.78, 5) is 10.8.